The Labute approximate surface area is 126 Å². The lowest BCUT2D eigenvalue weighted by Gasteiger charge is -2.29. The lowest BCUT2D eigenvalue weighted by molar-refractivity contribution is -0.137. The summed E-state index contributed by atoms with van der Waals surface area (Å²) in [6, 6.07) is 6.46. The van der Waals surface area contributed by atoms with Crippen molar-refractivity contribution in [2.45, 2.75) is 26.8 Å². The van der Waals surface area contributed by atoms with Crippen LogP contribution in [0.1, 0.15) is 20.8 Å². The third-order valence-electron chi connectivity index (χ3n) is 2.82. The molecule has 0 aromatic heterocycles. The van der Waals surface area contributed by atoms with E-state index in [1.807, 2.05) is 26.8 Å². The molecule has 0 aliphatic heterocycles. The Bertz CT molecular complexity index is 497. The van der Waals surface area contributed by atoms with Crippen molar-refractivity contribution < 1.29 is 14.7 Å². The summed E-state index contributed by atoms with van der Waals surface area (Å²) in [6.45, 7) is 5.40. The largest absolute Gasteiger partial charge is 0.394 e. The first-order valence-corrected chi connectivity index (χ1v) is 7.01. The topological polar surface area (TPSA) is 78.4 Å². The molecular formula is C14H19BrN2O3. The molecule has 6 heteroatoms. The average Bonchev–Trinajstić information content (AvgIpc) is 2.34. The average molecular weight is 343 g/mol. The second-order valence-electron chi connectivity index (χ2n) is 5.54. The molecule has 0 spiro atoms. The summed E-state index contributed by atoms with van der Waals surface area (Å²) in [7, 11) is 0. The number of halogens is 1. The van der Waals surface area contributed by atoms with E-state index in [0.717, 1.165) is 4.47 Å². The van der Waals surface area contributed by atoms with Crippen molar-refractivity contribution in [2.24, 2.45) is 5.41 Å². The molecule has 0 saturated heterocycles. The number of aliphatic hydroxyl groups excluding tert-OH is 1. The molecule has 0 unspecified atom stereocenters. The third kappa shape index (κ3) is 4.94. The Balaban J connectivity index is 2.66. The number of benzene rings is 1. The summed E-state index contributed by atoms with van der Waals surface area (Å²) < 4.78 is 0.804. The van der Waals surface area contributed by atoms with Gasteiger partial charge in [0.2, 0.25) is 0 Å². The number of anilines is 1. The second kappa shape index (κ2) is 6.85. The second-order valence-corrected chi connectivity index (χ2v) is 6.45. The Kier molecular flexibility index (Phi) is 5.71. The van der Waals surface area contributed by atoms with E-state index >= 15 is 0 Å². The third-order valence-corrected chi connectivity index (χ3v) is 3.32. The highest BCUT2D eigenvalue weighted by atomic mass is 79.9. The molecule has 0 fully saturated rings. The van der Waals surface area contributed by atoms with E-state index in [0.29, 0.717) is 5.69 Å². The van der Waals surface area contributed by atoms with Crippen molar-refractivity contribution in [1.29, 1.82) is 0 Å². The number of aliphatic hydroxyl groups is 1. The van der Waals surface area contributed by atoms with Gasteiger partial charge in [0, 0.05) is 10.2 Å². The fraction of sp³-hybridized carbons (Fsp3) is 0.429. The van der Waals surface area contributed by atoms with Gasteiger partial charge in [-0.15, -0.1) is 0 Å². The highest BCUT2D eigenvalue weighted by Gasteiger charge is 2.27. The van der Waals surface area contributed by atoms with Crippen molar-refractivity contribution in [1.82, 2.24) is 5.32 Å². The molecule has 110 valence electrons. The van der Waals surface area contributed by atoms with Gasteiger partial charge < -0.3 is 15.7 Å². The number of amides is 2. The van der Waals surface area contributed by atoms with E-state index in [9.17, 15) is 14.7 Å². The molecule has 3 N–H and O–H groups in total. The maximum absolute atomic E-state index is 11.8. The lowest BCUT2D eigenvalue weighted by Crippen LogP contribution is -2.49. The summed E-state index contributed by atoms with van der Waals surface area (Å²) >= 11 is 3.28. The molecule has 5 nitrogen and oxygen atoms in total. The van der Waals surface area contributed by atoms with Crippen molar-refractivity contribution in [3.8, 4) is 0 Å². The first-order valence-electron chi connectivity index (χ1n) is 6.22. The first kappa shape index (κ1) is 16.7. The van der Waals surface area contributed by atoms with E-state index in [-0.39, 0.29) is 12.0 Å². The summed E-state index contributed by atoms with van der Waals surface area (Å²) in [5.74, 6) is -1.52. The van der Waals surface area contributed by atoms with Gasteiger partial charge in [-0.05, 0) is 23.6 Å². The van der Waals surface area contributed by atoms with E-state index in [1.54, 1.807) is 18.2 Å². The van der Waals surface area contributed by atoms with Crippen molar-refractivity contribution >= 4 is 33.4 Å². The predicted octanol–water partition coefficient (Wildman–Crippen LogP) is 1.91. The van der Waals surface area contributed by atoms with Crippen LogP contribution in [0.2, 0.25) is 0 Å². The van der Waals surface area contributed by atoms with Gasteiger partial charge in [-0.1, -0.05) is 42.8 Å². The van der Waals surface area contributed by atoms with Crippen LogP contribution >= 0.6 is 15.9 Å². The number of carbonyl (C=O) groups excluding carboxylic acids is 2. The van der Waals surface area contributed by atoms with Crippen LogP contribution < -0.4 is 10.6 Å². The maximum Gasteiger partial charge on any atom is 0.313 e. The Morgan fingerprint density at radius 2 is 1.95 bits per heavy atom. The lowest BCUT2D eigenvalue weighted by atomic mass is 9.87. The number of hydrogen-bond donors (Lipinski definition) is 3. The highest BCUT2D eigenvalue weighted by Crippen LogP contribution is 2.19. The number of rotatable bonds is 3. The van der Waals surface area contributed by atoms with Crippen molar-refractivity contribution in [3.05, 3.63) is 28.7 Å². The van der Waals surface area contributed by atoms with E-state index in [4.69, 9.17) is 0 Å². The maximum atomic E-state index is 11.8. The summed E-state index contributed by atoms with van der Waals surface area (Å²) in [4.78, 5) is 23.6. The van der Waals surface area contributed by atoms with Crippen LogP contribution in [0, 0.1) is 5.41 Å². The van der Waals surface area contributed by atoms with Gasteiger partial charge in [-0.25, -0.2) is 0 Å². The summed E-state index contributed by atoms with van der Waals surface area (Å²) in [5, 5.41) is 14.3. The molecule has 0 radical (unpaired) electrons. The number of hydrogen-bond acceptors (Lipinski definition) is 3. The zero-order valence-electron chi connectivity index (χ0n) is 11.7. The van der Waals surface area contributed by atoms with Crippen LogP contribution in [-0.4, -0.2) is 29.6 Å². The minimum atomic E-state index is -0.765. The van der Waals surface area contributed by atoms with Gasteiger partial charge in [0.05, 0.1) is 12.6 Å². The van der Waals surface area contributed by atoms with Gasteiger partial charge in [0.1, 0.15) is 0 Å². The molecule has 1 aromatic rings. The molecule has 0 saturated carbocycles. The zero-order valence-corrected chi connectivity index (χ0v) is 13.3. The van der Waals surface area contributed by atoms with E-state index < -0.39 is 17.9 Å². The predicted molar refractivity (Wildman–Crippen MR) is 81.2 cm³/mol. The Morgan fingerprint density at radius 3 is 2.45 bits per heavy atom. The molecular weight excluding hydrogens is 324 g/mol. The van der Waals surface area contributed by atoms with Crippen LogP contribution in [0.4, 0.5) is 5.69 Å². The van der Waals surface area contributed by atoms with Gasteiger partial charge in [0.15, 0.2) is 0 Å². The van der Waals surface area contributed by atoms with Crippen LogP contribution in [0.25, 0.3) is 0 Å². The van der Waals surface area contributed by atoms with Crippen LogP contribution in [0.5, 0.6) is 0 Å². The molecule has 0 aliphatic rings. The number of carbonyl (C=O) groups is 2. The zero-order chi connectivity index (χ0) is 15.3. The molecule has 0 aliphatic carbocycles. The molecule has 1 rings (SSSR count). The van der Waals surface area contributed by atoms with E-state index in [1.165, 1.54) is 0 Å². The van der Waals surface area contributed by atoms with Crippen LogP contribution in [0.15, 0.2) is 28.7 Å². The molecule has 2 amide bonds. The van der Waals surface area contributed by atoms with Gasteiger partial charge in [-0.3, -0.25) is 9.59 Å². The molecule has 1 atom stereocenters. The molecule has 0 bridgehead atoms. The molecule has 1 aromatic carbocycles. The monoisotopic (exact) mass is 342 g/mol. The van der Waals surface area contributed by atoms with Crippen LogP contribution in [-0.2, 0) is 9.59 Å². The quantitative estimate of drug-likeness (QED) is 0.734. The minimum absolute atomic E-state index is 0.223. The summed E-state index contributed by atoms with van der Waals surface area (Å²) in [5.41, 5.74) is 0.191. The van der Waals surface area contributed by atoms with Gasteiger partial charge in [0.25, 0.3) is 0 Å². The van der Waals surface area contributed by atoms with E-state index in [2.05, 4.69) is 26.6 Å². The first-order chi connectivity index (χ1) is 9.24. The molecule has 0 heterocycles. The normalized spacial score (nSPS) is 12.7. The van der Waals surface area contributed by atoms with Gasteiger partial charge >= 0.3 is 11.8 Å². The standard InChI is InChI=1S/C14H19BrN2O3/c1-14(2,3)11(8-18)17-13(20)12(19)16-10-6-4-5-9(15)7-10/h4-7,11,18H,8H2,1-3H3,(H,16,19)(H,17,20)/t11-/m1/s1. The molecule has 20 heavy (non-hydrogen) atoms. The fourth-order valence-corrected chi connectivity index (χ4v) is 1.91. The highest BCUT2D eigenvalue weighted by molar-refractivity contribution is 9.10. The minimum Gasteiger partial charge on any atom is -0.394 e. The van der Waals surface area contributed by atoms with Crippen LogP contribution in [0.3, 0.4) is 0 Å². The number of nitrogens with one attached hydrogen (secondary N) is 2. The van der Waals surface area contributed by atoms with Gasteiger partial charge in [-0.2, -0.15) is 0 Å². The fourth-order valence-electron chi connectivity index (χ4n) is 1.51. The van der Waals surface area contributed by atoms with Crippen molar-refractivity contribution in [2.75, 3.05) is 11.9 Å². The Morgan fingerprint density at radius 1 is 1.30 bits per heavy atom. The summed E-state index contributed by atoms with van der Waals surface area (Å²) in [6.07, 6.45) is 0. The smallest absolute Gasteiger partial charge is 0.313 e. The Hall–Kier alpha value is -1.40. The SMILES string of the molecule is CC(C)(C)[C@@H](CO)NC(=O)C(=O)Nc1cccc(Br)c1. The van der Waals surface area contributed by atoms with Crippen molar-refractivity contribution in [3.63, 3.8) is 0 Å².